The molecule has 24 heavy (non-hydrogen) atoms. The van der Waals surface area contributed by atoms with E-state index < -0.39 is 0 Å². The van der Waals surface area contributed by atoms with E-state index in [1.807, 2.05) is 35.2 Å². The normalized spacial score (nSPS) is 21.7. The van der Waals surface area contributed by atoms with E-state index in [0.29, 0.717) is 18.9 Å². The summed E-state index contributed by atoms with van der Waals surface area (Å²) in [5, 5.41) is 2.99. The smallest absolute Gasteiger partial charge is 0.253 e. The average Bonchev–Trinajstić information content (AvgIpc) is 3.14. The third-order valence-electron chi connectivity index (χ3n) is 4.95. The van der Waals surface area contributed by atoms with E-state index in [2.05, 4.69) is 5.32 Å². The first-order valence-electron chi connectivity index (χ1n) is 8.95. The van der Waals surface area contributed by atoms with Crippen molar-refractivity contribution in [1.29, 1.82) is 0 Å². The van der Waals surface area contributed by atoms with E-state index >= 15 is 0 Å². The maximum atomic E-state index is 12.4. The molecule has 130 valence electrons. The maximum absolute atomic E-state index is 12.4. The quantitative estimate of drug-likeness (QED) is 0.901. The Kier molecular flexibility index (Phi) is 5.86. The highest BCUT2D eigenvalue weighted by Gasteiger charge is 2.25. The predicted molar refractivity (Wildman–Crippen MR) is 91.7 cm³/mol. The summed E-state index contributed by atoms with van der Waals surface area (Å²) in [5.74, 6) is 0.574. The van der Waals surface area contributed by atoms with Gasteiger partial charge in [0.05, 0.1) is 6.10 Å². The second-order valence-corrected chi connectivity index (χ2v) is 6.74. The van der Waals surface area contributed by atoms with Gasteiger partial charge < -0.3 is 15.0 Å². The molecule has 1 N–H and O–H groups in total. The van der Waals surface area contributed by atoms with Gasteiger partial charge in [0.1, 0.15) is 0 Å². The molecule has 0 saturated carbocycles. The van der Waals surface area contributed by atoms with Gasteiger partial charge in [-0.05, 0) is 43.7 Å². The Morgan fingerprint density at radius 2 is 1.88 bits per heavy atom. The number of hydrogen-bond acceptors (Lipinski definition) is 3. The molecule has 0 bridgehead atoms. The predicted octanol–water partition coefficient (Wildman–Crippen LogP) is 2.22. The summed E-state index contributed by atoms with van der Waals surface area (Å²) in [6.07, 6.45) is 4.67. The highest BCUT2D eigenvalue weighted by Crippen LogP contribution is 2.22. The second kappa shape index (κ2) is 8.29. The van der Waals surface area contributed by atoms with Crippen LogP contribution in [-0.4, -0.2) is 49.1 Å². The van der Waals surface area contributed by atoms with Crippen LogP contribution in [0, 0.1) is 5.92 Å². The number of likely N-dealkylation sites (tertiary alicyclic amines) is 1. The number of carbonyl (C=O) groups excluding carboxylic acids is 2. The average molecular weight is 330 g/mol. The standard InChI is InChI=1S/C19H26N2O3/c22-18(20-14-17-7-4-12-24-17)13-15-8-10-21(11-9-15)19(23)16-5-2-1-3-6-16/h1-3,5-6,15,17H,4,7-14H2,(H,20,22). The highest BCUT2D eigenvalue weighted by molar-refractivity contribution is 5.94. The summed E-state index contributed by atoms with van der Waals surface area (Å²) in [7, 11) is 0. The lowest BCUT2D eigenvalue weighted by Crippen LogP contribution is -2.40. The molecule has 2 saturated heterocycles. The lowest BCUT2D eigenvalue weighted by Gasteiger charge is -2.32. The van der Waals surface area contributed by atoms with Crippen molar-refractivity contribution >= 4 is 11.8 Å². The molecule has 2 aliphatic heterocycles. The van der Waals surface area contributed by atoms with Gasteiger partial charge in [-0.15, -0.1) is 0 Å². The van der Waals surface area contributed by atoms with Crippen molar-refractivity contribution in [3.05, 3.63) is 35.9 Å². The first kappa shape index (κ1) is 17.0. The van der Waals surface area contributed by atoms with Gasteiger partial charge in [-0.1, -0.05) is 18.2 Å². The van der Waals surface area contributed by atoms with Crippen LogP contribution in [0.1, 0.15) is 42.5 Å². The molecule has 0 aliphatic carbocycles. The Balaban J connectivity index is 1.38. The van der Waals surface area contributed by atoms with Crippen LogP contribution in [0.15, 0.2) is 30.3 Å². The van der Waals surface area contributed by atoms with Gasteiger partial charge in [0.15, 0.2) is 0 Å². The first-order valence-corrected chi connectivity index (χ1v) is 8.95. The Labute approximate surface area is 143 Å². The minimum atomic E-state index is 0.0943. The van der Waals surface area contributed by atoms with Crippen molar-refractivity contribution in [3.63, 3.8) is 0 Å². The van der Waals surface area contributed by atoms with Crippen LogP contribution in [0.25, 0.3) is 0 Å². The SMILES string of the molecule is O=C(CC1CCN(C(=O)c2ccccc2)CC1)NCC1CCCO1. The van der Waals surface area contributed by atoms with Gasteiger partial charge in [-0.3, -0.25) is 9.59 Å². The number of nitrogens with zero attached hydrogens (tertiary/aromatic N) is 1. The zero-order valence-electron chi connectivity index (χ0n) is 14.1. The molecule has 3 rings (SSSR count). The van der Waals surface area contributed by atoms with Gasteiger partial charge in [0.25, 0.3) is 5.91 Å². The number of amides is 2. The lowest BCUT2D eigenvalue weighted by molar-refractivity contribution is -0.122. The zero-order valence-corrected chi connectivity index (χ0v) is 14.1. The molecule has 1 atom stereocenters. The van der Waals surface area contributed by atoms with Crippen LogP contribution in [0.2, 0.25) is 0 Å². The van der Waals surface area contributed by atoms with Crippen LogP contribution in [0.3, 0.4) is 0 Å². The van der Waals surface area contributed by atoms with Gasteiger partial charge in [-0.2, -0.15) is 0 Å². The summed E-state index contributed by atoms with van der Waals surface area (Å²) in [4.78, 5) is 26.4. The van der Waals surface area contributed by atoms with Crippen molar-refractivity contribution in [3.8, 4) is 0 Å². The van der Waals surface area contributed by atoms with E-state index in [0.717, 1.165) is 50.9 Å². The van der Waals surface area contributed by atoms with E-state index in [1.54, 1.807) is 0 Å². The molecule has 2 aliphatic rings. The van der Waals surface area contributed by atoms with Gasteiger partial charge in [0.2, 0.25) is 5.91 Å². The maximum Gasteiger partial charge on any atom is 0.253 e. The van der Waals surface area contributed by atoms with Gasteiger partial charge >= 0.3 is 0 Å². The fourth-order valence-corrected chi connectivity index (χ4v) is 3.47. The van der Waals surface area contributed by atoms with Crippen molar-refractivity contribution < 1.29 is 14.3 Å². The van der Waals surface area contributed by atoms with E-state index in [9.17, 15) is 9.59 Å². The molecule has 2 heterocycles. The third-order valence-corrected chi connectivity index (χ3v) is 4.95. The fourth-order valence-electron chi connectivity index (χ4n) is 3.47. The van der Waals surface area contributed by atoms with Crippen molar-refractivity contribution in [1.82, 2.24) is 10.2 Å². The number of hydrogen-bond donors (Lipinski definition) is 1. The van der Waals surface area contributed by atoms with Crippen molar-refractivity contribution in [2.75, 3.05) is 26.2 Å². The summed E-state index contributed by atoms with van der Waals surface area (Å²) in [6, 6.07) is 9.40. The number of ether oxygens (including phenoxy) is 1. The van der Waals surface area contributed by atoms with Gasteiger partial charge in [0, 0.05) is 38.2 Å². The Morgan fingerprint density at radius 1 is 1.12 bits per heavy atom. The van der Waals surface area contributed by atoms with Crippen LogP contribution in [0.5, 0.6) is 0 Å². The fraction of sp³-hybridized carbons (Fsp3) is 0.579. The highest BCUT2D eigenvalue weighted by atomic mass is 16.5. The Bertz CT molecular complexity index is 547. The van der Waals surface area contributed by atoms with E-state index in [4.69, 9.17) is 4.74 Å². The minimum Gasteiger partial charge on any atom is -0.376 e. The van der Waals surface area contributed by atoms with Crippen LogP contribution < -0.4 is 5.32 Å². The molecule has 1 aromatic carbocycles. The molecule has 5 nitrogen and oxygen atoms in total. The second-order valence-electron chi connectivity index (χ2n) is 6.74. The third kappa shape index (κ3) is 4.57. The minimum absolute atomic E-state index is 0.0943. The van der Waals surface area contributed by atoms with Crippen LogP contribution in [0.4, 0.5) is 0 Å². The summed E-state index contributed by atoms with van der Waals surface area (Å²) in [5.41, 5.74) is 0.741. The molecule has 0 aromatic heterocycles. The molecule has 0 spiro atoms. The van der Waals surface area contributed by atoms with E-state index in [-0.39, 0.29) is 17.9 Å². The van der Waals surface area contributed by atoms with E-state index in [1.165, 1.54) is 0 Å². The molecular formula is C19H26N2O3. The number of nitrogens with one attached hydrogen (secondary N) is 1. The monoisotopic (exact) mass is 330 g/mol. The Morgan fingerprint density at radius 3 is 2.54 bits per heavy atom. The topological polar surface area (TPSA) is 58.6 Å². The molecule has 2 amide bonds. The summed E-state index contributed by atoms with van der Waals surface area (Å²) in [6.45, 7) is 2.91. The molecule has 2 fully saturated rings. The molecule has 1 unspecified atom stereocenters. The van der Waals surface area contributed by atoms with Crippen LogP contribution in [-0.2, 0) is 9.53 Å². The number of benzene rings is 1. The first-order chi connectivity index (χ1) is 11.7. The van der Waals surface area contributed by atoms with Gasteiger partial charge in [-0.25, -0.2) is 0 Å². The summed E-state index contributed by atoms with van der Waals surface area (Å²) < 4.78 is 5.52. The number of piperidine rings is 1. The van der Waals surface area contributed by atoms with Crippen molar-refractivity contribution in [2.24, 2.45) is 5.92 Å². The number of rotatable bonds is 5. The molecule has 0 radical (unpaired) electrons. The molecule has 5 heteroatoms. The largest absolute Gasteiger partial charge is 0.376 e. The Hall–Kier alpha value is -1.88. The molecule has 1 aromatic rings. The van der Waals surface area contributed by atoms with Crippen LogP contribution >= 0.6 is 0 Å². The van der Waals surface area contributed by atoms with Crippen molar-refractivity contribution in [2.45, 2.75) is 38.2 Å². The number of carbonyl (C=O) groups is 2. The molecular weight excluding hydrogens is 304 g/mol. The zero-order chi connectivity index (χ0) is 16.8. The summed E-state index contributed by atoms with van der Waals surface area (Å²) >= 11 is 0. The lowest BCUT2D eigenvalue weighted by atomic mass is 9.93.